The minimum absolute atomic E-state index is 0.240. The Bertz CT molecular complexity index is 494. The van der Waals surface area contributed by atoms with E-state index in [9.17, 15) is 9.59 Å². The number of carbonyl (C=O) groups is 2. The first-order chi connectivity index (χ1) is 9.17. The highest BCUT2D eigenvalue weighted by Gasteiger charge is 2.10. The van der Waals surface area contributed by atoms with Crippen LogP contribution in [0, 0.1) is 11.3 Å². The highest BCUT2D eigenvalue weighted by Crippen LogP contribution is 2.05. The minimum Gasteiger partial charge on any atom is -0.452 e. The molecule has 0 bridgehead atoms. The van der Waals surface area contributed by atoms with Crippen LogP contribution in [0.4, 0.5) is 0 Å². The van der Waals surface area contributed by atoms with Crippen molar-refractivity contribution in [3.05, 3.63) is 35.4 Å². The second-order valence-electron chi connectivity index (χ2n) is 3.61. The van der Waals surface area contributed by atoms with Crippen molar-refractivity contribution in [3.8, 4) is 6.07 Å². The lowest BCUT2D eigenvalue weighted by atomic mass is 10.1. The molecule has 0 saturated heterocycles. The van der Waals surface area contributed by atoms with Gasteiger partial charge in [0.1, 0.15) is 0 Å². The maximum absolute atomic E-state index is 11.6. The number of amides is 1. The van der Waals surface area contributed by atoms with E-state index in [1.165, 1.54) is 19.2 Å². The maximum atomic E-state index is 11.6. The lowest BCUT2D eigenvalue weighted by Gasteiger charge is -2.06. The van der Waals surface area contributed by atoms with Crippen LogP contribution in [0.2, 0.25) is 0 Å². The SMILES string of the molecule is COCCNC(=O)COC(=O)c1cccc(C#N)c1. The van der Waals surface area contributed by atoms with Gasteiger partial charge in [0.15, 0.2) is 6.61 Å². The van der Waals surface area contributed by atoms with Gasteiger partial charge in [-0.3, -0.25) is 4.79 Å². The molecule has 100 valence electrons. The third kappa shape index (κ3) is 5.19. The van der Waals surface area contributed by atoms with E-state index in [-0.39, 0.29) is 12.2 Å². The summed E-state index contributed by atoms with van der Waals surface area (Å²) in [6.07, 6.45) is 0. The summed E-state index contributed by atoms with van der Waals surface area (Å²) in [5.41, 5.74) is 0.600. The van der Waals surface area contributed by atoms with Crippen LogP contribution in [0.1, 0.15) is 15.9 Å². The number of esters is 1. The Kier molecular flexibility index (Phi) is 6.06. The van der Waals surface area contributed by atoms with Crippen LogP contribution in [0.5, 0.6) is 0 Å². The summed E-state index contributed by atoms with van der Waals surface area (Å²) >= 11 is 0. The standard InChI is InChI=1S/C13H14N2O4/c1-18-6-5-15-12(16)9-19-13(17)11-4-2-3-10(7-11)8-14/h2-4,7H,5-6,9H2,1H3,(H,15,16). The van der Waals surface area contributed by atoms with E-state index in [4.69, 9.17) is 14.7 Å². The molecular formula is C13H14N2O4. The first-order valence-electron chi connectivity index (χ1n) is 5.60. The number of nitriles is 1. The molecule has 6 heteroatoms. The van der Waals surface area contributed by atoms with E-state index in [2.05, 4.69) is 5.32 Å². The van der Waals surface area contributed by atoms with Crippen molar-refractivity contribution in [3.63, 3.8) is 0 Å². The number of rotatable bonds is 6. The van der Waals surface area contributed by atoms with E-state index >= 15 is 0 Å². The molecule has 19 heavy (non-hydrogen) atoms. The molecule has 1 aromatic rings. The quantitative estimate of drug-likeness (QED) is 0.595. The lowest BCUT2D eigenvalue weighted by Crippen LogP contribution is -2.31. The normalized spacial score (nSPS) is 9.47. The third-order valence-electron chi connectivity index (χ3n) is 2.19. The monoisotopic (exact) mass is 262 g/mol. The summed E-state index contributed by atoms with van der Waals surface area (Å²) in [6, 6.07) is 8.00. The number of benzene rings is 1. The smallest absolute Gasteiger partial charge is 0.338 e. The van der Waals surface area contributed by atoms with E-state index in [0.717, 1.165) is 0 Å². The Morgan fingerprint density at radius 1 is 1.42 bits per heavy atom. The predicted octanol–water partition coefficient (Wildman–Crippen LogP) is 0.478. The fourth-order valence-corrected chi connectivity index (χ4v) is 1.27. The molecule has 0 fully saturated rings. The van der Waals surface area contributed by atoms with Crippen LogP contribution in [-0.2, 0) is 14.3 Å². The number of nitrogens with one attached hydrogen (secondary N) is 1. The second-order valence-corrected chi connectivity index (χ2v) is 3.61. The molecule has 6 nitrogen and oxygen atoms in total. The molecule has 0 radical (unpaired) electrons. The minimum atomic E-state index is -0.640. The number of nitrogens with zero attached hydrogens (tertiary/aromatic N) is 1. The first kappa shape index (κ1) is 14.7. The van der Waals surface area contributed by atoms with Crippen molar-refractivity contribution in [2.45, 2.75) is 0 Å². The van der Waals surface area contributed by atoms with Crippen molar-refractivity contribution in [1.82, 2.24) is 5.32 Å². The average molecular weight is 262 g/mol. The van der Waals surface area contributed by atoms with E-state index in [0.29, 0.717) is 18.7 Å². The maximum Gasteiger partial charge on any atom is 0.338 e. The molecule has 1 rings (SSSR count). The molecule has 0 spiro atoms. The average Bonchev–Trinajstić information content (AvgIpc) is 2.45. The zero-order chi connectivity index (χ0) is 14.1. The number of carbonyl (C=O) groups excluding carboxylic acids is 2. The van der Waals surface area contributed by atoms with Gasteiger partial charge < -0.3 is 14.8 Å². The van der Waals surface area contributed by atoms with Gasteiger partial charge in [0, 0.05) is 13.7 Å². The topological polar surface area (TPSA) is 88.4 Å². The molecule has 0 aliphatic carbocycles. The Morgan fingerprint density at radius 2 is 2.21 bits per heavy atom. The first-order valence-corrected chi connectivity index (χ1v) is 5.60. The molecule has 0 aliphatic rings. The number of hydrogen-bond acceptors (Lipinski definition) is 5. The molecular weight excluding hydrogens is 248 g/mol. The highest BCUT2D eigenvalue weighted by molar-refractivity contribution is 5.91. The van der Waals surface area contributed by atoms with Crippen molar-refractivity contribution < 1.29 is 19.1 Å². The summed E-state index contributed by atoms with van der Waals surface area (Å²) in [6.45, 7) is 0.389. The third-order valence-corrected chi connectivity index (χ3v) is 2.19. The highest BCUT2D eigenvalue weighted by atomic mass is 16.5. The summed E-state index contributed by atoms with van der Waals surface area (Å²) in [7, 11) is 1.52. The van der Waals surface area contributed by atoms with Gasteiger partial charge in [-0.1, -0.05) is 6.07 Å². The molecule has 0 aromatic heterocycles. The van der Waals surface area contributed by atoms with Gasteiger partial charge >= 0.3 is 5.97 Å². The largest absolute Gasteiger partial charge is 0.452 e. The predicted molar refractivity (Wildman–Crippen MR) is 66.3 cm³/mol. The van der Waals surface area contributed by atoms with E-state index in [1.807, 2.05) is 6.07 Å². The van der Waals surface area contributed by atoms with E-state index in [1.54, 1.807) is 12.1 Å². The van der Waals surface area contributed by atoms with Crippen LogP contribution in [0.15, 0.2) is 24.3 Å². The van der Waals surface area contributed by atoms with Crippen molar-refractivity contribution in [1.29, 1.82) is 5.26 Å². The molecule has 0 aliphatic heterocycles. The zero-order valence-corrected chi connectivity index (χ0v) is 10.5. The fourth-order valence-electron chi connectivity index (χ4n) is 1.27. The van der Waals surface area contributed by atoms with Gasteiger partial charge in [-0.15, -0.1) is 0 Å². The Labute approximate surface area is 110 Å². The zero-order valence-electron chi connectivity index (χ0n) is 10.5. The van der Waals surface area contributed by atoms with Gasteiger partial charge in [0.05, 0.1) is 23.8 Å². The van der Waals surface area contributed by atoms with Crippen LogP contribution in [0.25, 0.3) is 0 Å². The number of hydrogen-bond donors (Lipinski definition) is 1. The summed E-state index contributed by atoms with van der Waals surface area (Å²) in [5.74, 6) is -1.04. The number of ether oxygens (including phenoxy) is 2. The van der Waals surface area contributed by atoms with Crippen molar-refractivity contribution >= 4 is 11.9 Å². The van der Waals surface area contributed by atoms with Gasteiger partial charge in [0.25, 0.3) is 5.91 Å². The van der Waals surface area contributed by atoms with Gasteiger partial charge in [-0.05, 0) is 18.2 Å². The Balaban J connectivity index is 2.42. The Morgan fingerprint density at radius 3 is 2.89 bits per heavy atom. The Hall–Kier alpha value is -2.39. The van der Waals surface area contributed by atoms with Gasteiger partial charge in [-0.2, -0.15) is 5.26 Å². The van der Waals surface area contributed by atoms with Crippen LogP contribution in [0.3, 0.4) is 0 Å². The lowest BCUT2D eigenvalue weighted by molar-refractivity contribution is -0.124. The summed E-state index contributed by atoms with van der Waals surface area (Å²) in [4.78, 5) is 22.9. The molecule has 0 heterocycles. The molecule has 0 atom stereocenters. The van der Waals surface area contributed by atoms with Crippen LogP contribution in [-0.4, -0.2) is 38.7 Å². The molecule has 1 amide bonds. The van der Waals surface area contributed by atoms with Crippen LogP contribution < -0.4 is 5.32 Å². The molecule has 0 saturated carbocycles. The molecule has 1 aromatic carbocycles. The second kappa shape index (κ2) is 7.84. The van der Waals surface area contributed by atoms with E-state index < -0.39 is 11.9 Å². The van der Waals surface area contributed by atoms with Gasteiger partial charge in [0.2, 0.25) is 0 Å². The molecule has 1 N–H and O–H groups in total. The van der Waals surface area contributed by atoms with Crippen LogP contribution >= 0.6 is 0 Å². The summed E-state index contributed by atoms with van der Waals surface area (Å²) < 4.78 is 9.58. The number of methoxy groups -OCH3 is 1. The van der Waals surface area contributed by atoms with Crippen molar-refractivity contribution in [2.24, 2.45) is 0 Å². The molecule has 0 unspecified atom stereocenters. The van der Waals surface area contributed by atoms with Gasteiger partial charge in [-0.25, -0.2) is 4.79 Å². The summed E-state index contributed by atoms with van der Waals surface area (Å²) in [5, 5.41) is 11.2. The van der Waals surface area contributed by atoms with Crippen molar-refractivity contribution in [2.75, 3.05) is 26.9 Å². The fraction of sp³-hybridized carbons (Fsp3) is 0.308.